The summed E-state index contributed by atoms with van der Waals surface area (Å²) < 4.78 is 11.3. The largest absolute Gasteiger partial charge is 0.499 e. The van der Waals surface area contributed by atoms with Gasteiger partial charge in [-0.2, -0.15) is 0 Å². The molecule has 0 spiro atoms. The van der Waals surface area contributed by atoms with E-state index >= 15 is 0 Å². The lowest BCUT2D eigenvalue weighted by molar-refractivity contribution is 0.0929. The van der Waals surface area contributed by atoms with E-state index in [1.165, 1.54) is 13.1 Å². The van der Waals surface area contributed by atoms with Gasteiger partial charge in [-0.3, -0.25) is 9.59 Å². The third-order valence-electron chi connectivity index (χ3n) is 6.46. The average molecular weight is 398 g/mol. The van der Waals surface area contributed by atoms with Crippen LogP contribution in [0.3, 0.4) is 0 Å². The van der Waals surface area contributed by atoms with Gasteiger partial charge in [0.05, 0.1) is 32.6 Å². The quantitative estimate of drug-likeness (QED) is 0.745. The fourth-order valence-electron chi connectivity index (χ4n) is 4.59. The van der Waals surface area contributed by atoms with Gasteiger partial charge in [0.15, 0.2) is 0 Å². The van der Waals surface area contributed by atoms with Crippen molar-refractivity contribution in [2.45, 2.75) is 17.4 Å². The predicted molar refractivity (Wildman–Crippen MR) is 112 cm³/mol. The maximum absolute atomic E-state index is 13.0. The zero-order valence-electron chi connectivity index (χ0n) is 16.6. The maximum atomic E-state index is 13.0. The van der Waals surface area contributed by atoms with E-state index in [9.17, 15) is 9.59 Å². The molecule has 6 nitrogen and oxygen atoms in total. The van der Waals surface area contributed by atoms with Crippen molar-refractivity contribution in [2.75, 3.05) is 20.3 Å². The van der Waals surface area contributed by atoms with Crippen molar-refractivity contribution in [3.63, 3.8) is 0 Å². The molecule has 0 bridgehead atoms. The predicted octanol–water partition coefficient (Wildman–Crippen LogP) is 0.720. The number of benzene rings is 2. The first-order valence-corrected chi connectivity index (χ1v) is 10.0. The van der Waals surface area contributed by atoms with Crippen molar-refractivity contribution in [1.29, 1.82) is 0 Å². The van der Waals surface area contributed by atoms with Crippen LogP contribution < -0.4 is 15.4 Å². The Labute approximate surface area is 177 Å². The van der Waals surface area contributed by atoms with Crippen LogP contribution in [0, 0.1) is 11.8 Å². The molecular weight excluding hydrogens is 378 g/mol. The lowest BCUT2D eigenvalue weighted by Gasteiger charge is -2.30. The van der Waals surface area contributed by atoms with Crippen LogP contribution in [0.2, 0.25) is 0 Å². The molecule has 8 heteroatoms. The SMILES string of the molecule is [B]C1Oc2c(C(=O)NC)cc(C(=O)NC3[C@H]4COC[C@@H]34)cc2[C@]1([B])c1ccccc1. The Morgan fingerprint density at radius 1 is 1.10 bits per heavy atom. The second-order valence-corrected chi connectivity index (χ2v) is 8.12. The third-order valence-corrected chi connectivity index (χ3v) is 6.46. The molecule has 30 heavy (non-hydrogen) atoms. The first-order valence-electron chi connectivity index (χ1n) is 10.0. The molecule has 2 unspecified atom stereocenters. The number of nitrogens with one attached hydrogen (secondary N) is 2. The second kappa shape index (κ2) is 6.91. The lowest BCUT2D eigenvalue weighted by Crippen LogP contribution is -2.40. The van der Waals surface area contributed by atoms with Gasteiger partial charge >= 0.3 is 0 Å². The molecule has 2 heterocycles. The molecule has 2 N–H and O–H groups in total. The summed E-state index contributed by atoms with van der Waals surface area (Å²) in [6.07, 6.45) is 0. The fraction of sp³-hybridized carbons (Fsp3) is 0.364. The van der Waals surface area contributed by atoms with Gasteiger partial charge in [-0.25, -0.2) is 0 Å². The van der Waals surface area contributed by atoms with Crippen LogP contribution in [0.4, 0.5) is 0 Å². The van der Waals surface area contributed by atoms with E-state index in [4.69, 9.17) is 25.2 Å². The molecule has 4 radical (unpaired) electrons. The molecular formula is C22H20B2N2O4. The Hall–Kier alpha value is -2.73. The molecule has 1 aliphatic carbocycles. The van der Waals surface area contributed by atoms with Crippen molar-refractivity contribution in [1.82, 2.24) is 10.6 Å². The smallest absolute Gasteiger partial charge is 0.254 e. The Morgan fingerprint density at radius 3 is 2.47 bits per heavy atom. The monoisotopic (exact) mass is 398 g/mol. The van der Waals surface area contributed by atoms with Gasteiger partial charge in [0.2, 0.25) is 0 Å². The zero-order valence-corrected chi connectivity index (χ0v) is 16.6. The standard InChI is InChI=1S/C22H20B2N2O4/c1-25-20(28)13-7-11(19(27)26-17-14-9-29-10-15(14)17)8-16-18(13)30-21(23)22(16,24)12-5-3-2-4-6-12/h2-8,14-15,17,21H,9-10H2,1H3,(H,25,28)(H,26,27)/t14-,15+,17?,21?,22-/m1/s1. The van der Waals surface area contributed by atoms with E-state index in [0.717, 1.165) is 5.56 Å². The second-order valence-electron chi connectivity index (χ2n) is 8.12. The van der Waals surface area contributed by atoms with Crippen molar-refractivity contribution < 1.29 is 19.1 Å². The fourth-order valence-corrected chi connectivity index (χ4v) is 4.59. The Balaban J connectivity index is 1.57. The Morgan fingerprint density at radius 2 is 1.80 bits per heavy atom. The summed E-state index contributed by atoms with van der Waals surface area (Å²) in [5.41, 5.74) is 1.84. The van der Waals surface area contributed by atoms with Gasteiger partial charge in [0.1, 0.15) is 13.6 Å². The number of hydrogen-bond acceptors (Lipinski definition) is 4. The number of ether oxygens (including phenoxy) is 2. The molecule has 5 rings (SSSR count). The molecule has 0 aromatic heterocycles. The third kappa shape index (κ3) is 2.77. The van der Waals surface area contributed by atoms with E-state index in [-0.39, 0.29) is 23.4 Å². The van der Waals surface area contributed by atoms with Crippen molar-refractivity contribution >= 4 is 27.5 Å². The summed E-state index contributed by atoms with van der Waals surface area (Å²) >= 11 is 0. The molecule has 2 aromatic carbocycles. The number of hydrogen-bond donors (Lipinski definition) is 2. The van der Waals surface area contributed by atoms with Crippen molar-refractivity contribution in [3.8, 4) is 5.75 Å². The molecule has 2 amide bonds. The number of rotatable bonds is 4. The summed E-state index contributed by atoms with van der Waals surface area (Å²) in [6.45, 7) is 1.35. The topological polar surface area (TPSA) is 76.7 Å². The van der Waals surface area contributed by atoms with Gasteiger partial charge in [0.25, 0.3) is 11.8 Å². The van der Waals surface area contributed by atoms with Gasteiger partial charge in [-0.15, -0.1) is 0 Å². The molecule has 2 aliphatic heterocycles. The molecule has 3 aliphatic rings. The van der Waals surface area contributed by atoms with Gasteiger partial charge in [-0.1, -0.05) is 30.3 Å². The van der Waals surface area contributed by atoms with Gasteiger partial charge in [0, 0.05) is 41.4 Å². The minimum atomic E-state index is -1.19. The maximum Gasteiger partial charge on any atom is 0.254 e. The summed E-state index contributed by atoms with van der Waals surface area (Å²) in [7, 11) is 14.6. The normalized spacial score (nSPS) is 30.7. The first kappa shape index (κ1) is 19.2. The number of amides is 2. The van der Waals surface area contributed by atoms with Crippen molar-refractivity contribution in [2.24, 2.45) is 11.8 Å². The molecule has 1 saturated carbocycles. The van der Waals surface area contributed by atoms with Crippen LogP contribution in [0.5, 0.6) is 5.75 Å². The van der Waals surface area contributed by atoms with E-state index in [0.29, 0.717) is 41.9 Å². The molecule has 5 atom stereocenters. The number of fused-ring (bicyclic) bond motifs is 2. The van der Waals surface area contributed by atoms with E-state index in [1.54, 1.807) is 6.07 Å². The first-order chi connectivity index (χ1) is 14.4. The molecule has 2 aromatic rings. The minimum absolute atomic E-state index is 0.109. The van der Waals surface area contributed by atoms with Crippen LogP contribution in [0.25, 0.3) is 0 Å². The van der Waals surface area contributed by atoms with Gasteiger partial charge in [-0.05, 0) is 17.7 Å². The summed E-state index contributed by atoms with van der Waals surface area (Å²) in [5.74, 6) is 0.426. The Kier molecular flexibility index (Phi) is 4.43. The lowest BCUT2D eigenvalue weighted by atomic mass is 9.53. The van der Waals surface area contributed by atoms with Crippen LogP contribution in [0.1, 0.15) is 31.8 Å². The van der Waals surface area contributed by atoms with Crippen LogP contribution in [0.15, 0.2) is 42.5 Å². The van der Waals surface area contributed by atoms with Crippen LogP contribution in [-0.4, -0.2) is 59.8 Å². The molecule has 148 valence electrons. The molecule has 1 saturated heterocycles. The minimum Gasteiger partial charge on any atom is -0.499 e. The average Bonchev–Trinajstić information content (AvgIpc) is 3.09. The number of carbonyl (C=O) groups is 2. The van der Waals surface area contributed by atoms with E-state index in [1.807, 2.05) is 30.3 Å². The van der Waals surface area contributed by atoms with Crippen LogP contribution >= 0.6 is 0 Å². The molecule has 2 fully saturated rings. The van der Waals surface area contributed by atoms with Gasteiger partial charge < -0.3 is 20.1 Å². The highest BCUT2D eigenvalue weighted by atomic mass is 16.5. The summed E-state index contributed by atoms with van der Waals surface area (Å²) in [6, 6.07) is 11.7. The van der Waals surface area contributed by atoms with Crippen LogP contribution in [-0.2, 0) is 10.1 Å². The van der Waals surface area contributed by atoms with E-state index < -0.39 is 11.3 Å². The highest BCUT2D eigenvalue weighted by Crippen LogP contribution is 2.47. The Bertz CT molecular complexity index is 1020. The highest BCUT2D eigenvalue weighted by Gasteiger charge is 2.55. The highest BCUT2D eigenvalue weighted by molar-refractivity contribution is 6.27. The number of carbonyl (C=O) groups excluding carboxylic acids is 2. The van der Waals surface area contributed by atoms with E-state index in [2.05, 4.69) is 10.6 Å². The summed E-state index contributed by atoms with van der Waals surface area (Å²) in [5, 5.41) is 4.46. The zero-order chi connectivity index (χ0) is 21.0. The summed E-state index contributed by atoms with van der Waals surface area (Å²) in [4.78, 5) is 25.6. The van der Waals surface area contributed by atoms with Crippen molar-refractivity contribution in [3.05, 3.63) is 64.7 Å².